The molecule has 0 fully saturated rings. The van der Waals surface area contributed by atoms with Gasteiger partial charge in [-0.25, -0.2) is 0 Å². The van der Waals surface area contributed by atoms with E-state index in [4.69, 9.17) is 21.4 Å². The maximum absolute atomic E-state index is 9.50. The zero-order valence-corrected chi connectivity index (χ0v) is 11.3. The lowest BCUT2D eigenvalue weighted by Crippen LogP contribution is -1.93. The molecule has 100 valence electrons. The summed E-state index contributed by atoms with van der Waals surface area (Å²) in [4.78, 5) is 0. The SMILES string of the molecule is CC(O)c1ccc(Oc2cccc(CO)c2)cc1Cl. The highest BCUT2D eigenvalue weighted by molar-refractivity contribution is 6.31. The zero-order chi connectivity index (χ0) is 13.8. The van der Waals surface area contributed by atoms with E-state index in [1.165, 1.54) is 0 Å². The van der Waals surface area contributed by atoms with E-state index >= 15 is 0 Å². The van der Waals surface area contributed by atoms with Crippen LogP contribution in [0.2, 0.25) is 5.02 Å². The number of ether oxygens (including phenoxy) is 1. The first-order chi connectivity index (χ1) is 9.10. The minimum Gasteiger partial charge on any atom is -0.457 e. The molecule has 3 nitrogen and oxygen atoms in total. The lowest BCUT2D eigenvalue weighted by atomic mass is 10.1. The summed E-state index contributed by atoms with van der Waals surface area (Å²) in [7, 11) is 0. The van der Waals surface area contributed by atoms with Crippen molar-refractivity contribution in [2.24, 2.45) is 0 Å². The summed E-state index contributed by atoms with van der Waals surface area (Å²) < 4.78 is 5.66. The lowest BCUT2D eigenvalue weighted by Gasteiger charge is -2.11. The third kappa shape index (κ3) is 3.47. The molecule has 0 heterocycles. The zero-order valence-electron chi connectivity index (χ0n) is 10.5. The Kier molecular flexibility index (Phi) is 4.43. The lowest BCUT2D eigenvalue weighted by molar-refractivity contribution is 0.199. The highest BCUT2D eigenvalue weighted by Gasteiger charge is 2.08. The van der Waals surface area contributed by atoms with Gasteiger partial charge >= 0.3 is 0 Å². The second-order valence-electron chi connectivity index (χ2n) is 4.27. The molecule has 0 radical (unpaired) electrons. The van der Waals surface area contributed by atoms with Crippen molar-refractivity contribution in [1.82, 2.24) is 0 Å². The van der Waals surface area contributed by atoms with Gasteiger partial charge in [0, 0.05) is 0 Å². The fourth-order valence-corrected chi connectivity index (χ4v) is 2.08. The normalized spacial score (nSPS) is 12.2. The van der Waals surface area contributed by atoms with E-state index in [0.29, 0.717) is 22.1 Å². The molecule has 1 unspecified atom stereocenters. The van der Waals surface area contributed by atoms with Crippen LogP contribution in [0.5, 0.6) is 11.5 Å². The Morgan fingerprint density at radius 3 is 2.53 bits per heavy atom. The molecule has 0 aliphatic heterocycles. The smallest absolute Gasteiger partial charge is 0.128 e. The first-order valence-electron chi connectivity index (χ1n) is 5.95. The summed E-state index contributed by atoms with van der Waals surface area (Å²) in [5, 5.41) is 19.0. The van der Waals surface area contributed by atoms with Crippen molar-refractivity contribution in [1.29, 1.82) is 0 Å². The summed E-state index contributed by atoms with van der Waals surface area (Å²) in [6.07, 6.45) is -0.612. The summed E-state index contributed by atoms with van der Waals surface area (Å²) in [5.74, 6) is 1.22. The van der Waals surface area contributed by atoms with E-state index in [-0.39, 0.29) is 6.61 Å². The van der Waals surface area contributed by atoms with Gasteiger partial charge in [-0.05, 0) is 42.3 Å². The van der Waals surface area contributed by atoms with Gasteiger partial charge in [0.05, 0.1) is 17.7 Å². The Bertz CT molecular complexity index is 567. The molecule has 2 N–H and O–H groups in total. The predicted molar refractivity (Wildman–Crippen MR) is 74.5 cm³/mol. The molecule has 2 aromatic carbocycles. The van der Waals surface area contributed by atoms with Gasteiger partial charge in [-0.3, -0.25) is 0 Å². The Hall–Kier alpha value is -1.55. The minimum atomic E-state index is -0.612. The molecule has 0 aromatic heterocycles. The summed E-state index contributed by atoms with van der Waals surface area (Å²) in [5.41, 5.74) is 1.45. The number of aliphatic hydroxyl groups excluding tert-OH is 2. The van der Waals surface area contributed by atoms with Crippen molar-refractivity contribution < 1.29 is 14.9 Å². The summed E-state index contributed by atoms with van der Waals surface area (Å²) in [6.45, 7) is 1.63. The number of hydrogen-bond acceptors (Lipinski definition) is 3. The summed E-state index contributed by atoms with van der Waals surface area (Å²) in [6, 6.07) is 12.3. The van der Waals surface area contributed by atoms with Crippen LogP contribution in [0.3, 0.4) is 0 Å². The molecule has 0 saturated heterocycles. The van der Waals surface area contributed by atoms with Crippen molar-refractivity contribution in [3.8, 4) is 11.5 Å². The van der Waals surface area contributed by atoms with Crippen LogP contribution in [-0.2, 0) is 6.61 Å². The number of benzene rings is 2. The van der Waals surface area contributed by atoms with Crippen LogP contribution in [0.1, 0.15) is 24.2 Å². The van der Waals surface area contributed by atoms with Crippen LogP contribution in [0.25, 0.3) is 0 Å². The van der Waals surface area contributed by atoms with Gasteiger partial charge in [-0.15, -0.1) is 0 Å². The average molecular weight is 279 g/mol. The van der Waals surface area contributed by atoms with Crippen molar-refractivity contribution >= 4 is 11.6 Å². The molecule has 0 saturated carbocycles. The highest BCUT2D eigenvalue weighted by Crippen LogP contribution is 2.30. The number of rotatable bonds is 4. The minimum absolute atomic E-state index is 0.0288. The maximum Gasteiger partial charge on any atom is 0.128 e. The molecule has 0 aliphatic rings. The van der Waals surface area contributed by atoms with Crippen LogP contribution >= 0.6 is 11.6 Å². The molecule has 0 amide bonds. The fraction of sp³-hybridized carbons (Fsp3) is 0.200. The van der Waals surface area contributed by atoms with Gasteiger partial charge in [0.15, 0.2) is 0 Å². The van der Waals surface area contributed by atoms with Gasteiger partial charge in [-0.2, -0.15) is 0 Å². The van der Waals surface area contributed by atoms with E-state index in [1.807, 2.05) is 12.1 Å². The number of hydrogen-bond donors (Lipinski definition) is 2. The first-order valence-corrected chi connectivity index (χ1v) is 6.33. The second-order valence-corrected chi connectivity index (χ2v) is 4.67. The molecule has 2 rings (SSSR count). The van der Waals surface area contributed by atoms with Gasteiger partial charge in [0.1, 0.15) is 11.5 Å². The highest BCUT2D eigenvalue weighted by atomic mass is 35.5. The average Bonchev–Trinajstić information content (AvgIpc) is 2.38. The van der Waals surface area contributed by atoms with Crippen molar-refractivity contribution in [2.45, 2.75) is 19.6 Å². The molecular weight excluding hydrogens is 264 g/mol. The third-order valence-electron chi connectivity index (χ3n) is 2.74. The second kappa shape index (κ2) is 6.06. The molecule has 1 atom stereocenters. The largest absolute Gasteiger partial charge is 0.457 e. The van der Waals surface area contributed by atoms with Gasteiger partial charge in [-0.1, -0.05) is 29.8 Å². The monoisotopic (exact) mass is 278 g/mol. The Balaban J connectivity index is 2.21. The molecule has 4 heteroatoms. The Morgan fingerprint density at radius 2 is 1.89 bits per heavy atom. The van der Waals surface area contributed by atoms with E-state index in [1.54, 1.807) is 37.3 Å². The van der Waals surface area contributed by atoms with E-state index < -0.39 is 6.10 Å². The maximum atomic E-state index is 9.50. The van der Waals surface area contributed by atoms with Gasteiger partial charge < -0.3 is 14.9 Å². The molecule has 19 heavy (non-hydrogen) atoms. The Morgan fingerprint density at radius 1 is 1.16 bits per heavy atom. The predicted octanol–water partition coefficient (Wildman–Crippen LogP) is 3.68. The standard InChI is InChI=1S/C15H15ClO3/c1-10(18)14-6-5-13(8-15(14)16)19-12-4-2-3-11(7-12)9-17/h2-8,10,17-18H,9H2,1H3. The van der Waals surface area contributed by atoms with Crippen LogP contribution in [0, 0.1) is 0 Å². The number of halogens is 1. The summed E-state index contributed by atoms with van der Waals surface area (Å²) >= 11 is 6.07. The quantitative estimate of drug-likeness (QED) is 0.897. The molecule has 0 aliphatic carbocycles. The van der Waals surface area contributed by atoms with Crippen molar-refractivity contribution in [3.05, 3.63) is 58.6 Å². The van der Waals surface area contributed by atoms with Crippen LogP contribution in [0.4, 0.5) is 0 Å². The molecular formula is C15H15ClO3. The number of aliphatic hydroxyl groups is 2. The van der Waals surface area contributed by atoms with Crippen LogP contribution < -0.4 is 4.74 Å². The third-order valence-corrected chi connectivity index (χ3v) is 3.07. The fourth-order valence-electron chi connectivity index (χ4n) is 1.75. The molecule has 0 spiro atoms. The van der Waals surface area contributed by atoms with Crippen LogP contribution in [-0.4, -0.2) is 10.2 Å². The van der Waals surface area contributed by atoms with Crippen molar-refractivity contribution in [2.75, 3.05) is 0 Å². The Labute approximate surface area is 117 Å². The van der Waals surface area contributed by atoms with E-state index in [9.17, 15) is 5.11 Å². The molecule has 0 bridgehead atoms. The van der Waals surface area contributed by atoms with Gasteiger partial charge in [0.2, 0.25) is 0 Å². The van der Waals surface area contributed by atoms with Crippen LogP contribution in [0.15, 0.2) is 42.5 Å². The first kappa shape index (κ1) is 13.9. The van der Waals surface area contributed by atoms with E-state index in [0.717, 1.165) is 5.56 Å². The van der Waals surface area contributed by atoms with E-state index in [2.05, 4.69) is 0 Å². The van der Waals surface area contributed by atoms with Crippen molar-refractivity contribution in [3.63, 3.8) is 0 Å². The van der Waals surface area contributed by atoms with Gasteiger partial charge in [0.25, 0.3) is 0 Å². The topological polar surface area (TPSA) is 49.7 Å². The molecule has 2 aromatic rings.